The zero-order chi connectivity index (χ0) is 22.7. The van der Waals surface area contributed by atoms with Crippen molar-refractivity contribution in [1.82, 2.24) is 10.2 Å². The van der Waals surface area contributed by atoms with Gasteiger partial charge in [0.15, 0.2) is 5.84 Å². The zero-order valence-electron chi connectivity index (χ0n) is 17.7. The first kappa shape index (κ1) is 22.0. The van der Waals surface area contributed by atoms with Crippen LogP contribution in [0.25, 0.3) is 0 Å². The van der Waals surface area contributed by atoms with Crippen LogP contribution in [0.5, 0.6) is 0 Å². The van der Waals surface area contributed by atoms with Gasteiger partial charge in [-0.05, 0) is 30.5 Å². The molecule has 2 aromatic carbocycles. The number of carbonyl (C=O) groups excluding carboxylic acids is 2. The lowest BCUT2D eigenvalue weighted by Crippen LogP contribution is -2.48. The summed E-state index contributed by atoms with van der Waals surface area (Å²) in [4.78, 5) is 27.2. The maximum absolute atomic E-state index is 12.9. The molecule has 1 N–H and O–H groups in total. The van der Waals surface area contributed by atoms with Crippen LogP contribution in [0, 0.1) is 5.92 Å². The van der Waals surface area contributed by atoms with Gasteiger partial charge in [-0.1, -0.05) is 42.5 Å². The van der Waals surface area contributed by atoms with Crippen LogP contribution >= 0.6 is 0 Å². The number of carbonyl (C=O) groups is 2. The van der Waals surface area contributed by atoms with Gasteiger partial charge in [0, 0.05) is 31.0 Å². The highest BCUT2D eigenvalue weighted by Gasteiger charge is 2.35. The molecule has 0 radical (unpaired) electrons. The number of piperidine rings is 1. The third kappa shape index (κ3) is 4.52. The number of likely N-dealkylation sites (tertiary alicyclic amines) is 1. The first-order valence-electron chi connectivity index (χ1n) is 10.5. The van der Waals surface area contributed by atoms with E-state index in [1.54, 1.807) is 24.3 Å². The van der Waals surface area contributed by atoms with Crippen molar-refractivity contribution in [3.05, 3.63) is 65.7 Å². The number of rotatable bonds is 5. The van der Waals surface area contributed by atoms with Crippen LogP contribution in [0.3, 0.4) is 0 Å². The van der Waals surface area contributed by atoms with Gasteiger partial charge in [-0.3, -0.25) is 4.79 Å². The summed E-state index contributed by atoms with van der Waals surface area (Å²) in [5.41, 5.74) is 1.53. The highest BCUT2D eigenvalue weighted by Crippen LogP contribution is 2.29. The van der Waals surface area contributed by atoms with Crippen molar-refractivity contribution in [3.63, 3.8) is 0 Å². The van der Waals surface area contributed by atoms with Gasteiger partial charge in [0.2, 0.25) is 5.91 Å². The van der Waals surface area contributed by atoms with Crippen molar-refractivity contribution in [2.24, 2.45) is 10.3 Å². The number of sulfonamides is 1. The van der Waals surface area contributed by atoms with E-state index >= 15 is 0 Å². The molecule has 0 spiro atoms. The molecule has 2 aliphatic heterocycles. The van der Waals surface area contributed by atoms with Crippen molar-refractivity contribution in [2.75, 3.05) is 20.2 Å². The Morgan fingerprint density at radius 3 is 2.44 bits per heavy atom. The normalized spacial score (nSPS) is 18.4. The highest BCUT2D eigenvalue weighted by molar-refractivity contribution is 7.90. The smallest absolute Gasteiger partial charge is 0.328 e. The van der Waals surface area contributed by atoms with E-state index in [1.165, 1.54) is 7.11 Å². The molecule has 1 amide bonds. The molecule has 8 nitrogen and oxygen atoms in total. The average molecular weight is 456 g/mol. The fourth-order valence-electron chi connectivity index (χ4n) is 4.14. The standard InChI is InChI=1S/C23H25N3O5S/c1-31-23(28)19(15-16-7-3-2-4-8-16)24-22(27)17-11-13-26(14-12-17)21-18-9-5-6-10-20(18)32(29,30)25-21/h2-10,17,19H,11-15H2,1H3,(H,24,27). The molecule has 1 fully saturated rings. The molecule has 2 aromatic rings. The first-order valence-corrected chi connectivity index (χ1v) is 11.9. The third-order valence-electron chi connectivity index (χ3n) is 5.86. The average Bonchev–Trinajstić information content (AvgIpc) is 3.10. The van der Waals surface area contributed by atoms with Crippen molar-refractivity contribution < 1.29 is 22.7 Å². The predicted molar refractivity (Wildman–Crippen MR) is 119 cm³/mol. The summed E-state index contributed by atoms with van der Waals surface area (Å²) >= 11 is 0. The third-order valence-corrected chi connectivity index (χ3v) is 7.19. The van der Waals surface area contributed by atoms with E-state index in [-0.39, 0.29) is 16.7 Å². The number of nitrogens with one attached hydrogen (secondary N) is 1. The minimum Gasteiger partial charge on any atom is -0.467 e. The topological polar surface area (TPSA) is 105 Å². The van der Waals surface area contributed by atoms with Crippen molar-refractivity contribution in [3.8, 4) is 0 Å². The summed E-state index contributed by atoms with van der Waals surface area (Å²) in [5, 5.41) is 2.84. The molecule has 0 aliphatic carbocycles. The minimum atomic E-state index is -3.68. The van der Waals surface area contributed by atoms with Crippen molar-refractivity contribution in [1.29, 1.82) is 0 Å². The Labute approximate surface area is 187 Å². The molecule has 2 heterocycles. The highest BCUT2D eigenvalue weighted by atomic mass is 32.2. The van der Waals surface area contributed by atoms with E-state index < -0.39 is 22.0 Å². The first-order chi connectivity index (χ1) is 15.4. The molecule has 2 aliphatic rings. The molecule has 9 heteroatoms. The monoisotopic (exact) mass is 455 g/mol. The van der Waals surface area contributed by atoms with Gasteiger partial charge >= 0.3 is 5.97 Å². The molecule has 168 valence electrons. The van der Waals surface area contributed by atoms with Gasteiger partial charge in [-0.15, -0.1) is 4.40 Å². The zero-order valence-corrected chi connectivity index (χ0v) is 18.5. The quantitative estimate of drug-likeness (QED) is 0.689. The Morgan fingerprint density at radius 2 is 1.75 bits per heavy atom. The lowest BCUT2D eigenvalue weighted by Gasteiger charge is -2.33. The molecular weight excluding hydrogens is 430 g/mol. The lowest BCUT2D eigenvalue weighted by atomic mass is 9.94. The second kappa shape index (κ2) is 9.12. The summed E-state index contributed by atoms with van der Waals surface area (Å²) < 4.78 is 33.5. The molecule has 1 atom stereocenters. The van der Waals surface area contributed by atoms with Crippen molar-refractivity contribution in [2.45, 2.75) is 30.2 Å². The molecule has 1 saturated heterocycles. The summed E-state index contributed by atoms with van der Waals surface area (Å²) in [6.07, 6.45) is 1.42. The van der Waals surface area contributed by atoms with E-state index in [0.29, 0.717) is 43.8 Å². The Morgan fingerprint density at radius 1 is 1.09 bits per heavy atom. The van der Waals surface area contributed by atoms with Gasteiger partial charge in [-0.2, -0.15) is 8.42 Å². The van der Waals surface area contributed by atoms with Crippen LogP contribution in [0.2, 0.25) is 0 Å². The largest absolute Gasteiger partial charge is 0.467 e. The number of esters is 1. The number of benzene rings is 2. The van der Waals surface area contributed by atoms with Crippen LogP contribution < -0.4 is 5.32 Å². The maximum atomic E-state index is 12.9. The van der Waals surface area contributed by atoms with Gasteiger partial charge in [0.25, 0.3) is 10.0 Å². The van der Waals surface area contributed by atoms with Crippen molar-refractivity contribution >= 4 is 27.7 Å². The van der Waals surface area contributed by atoms with Crippen LogP contribution in [0.1, 0.15) is 24.0 Å². The molecule has 32 heavy (non-hydrogen) atoms. The summed E-state index contributed by atoms with van der Waals surface area (Å²) in [7, 11) is -2.37. The maximum Gasteiger partial charge on any atom is 0.328 e. The van der Waals surface area contributed by atoms with Gasteiger partial charge in [0.05, 0.1) is 7.11 Å². The second-order valence-corrected chi connectivity index (χ2v) is 9.49. The van der Waals surface area contributed by atoms with E-state index in [1.807, 2.05) is 35.2 Å². The number of methoxy groups -OCH3 is 1. The lowest BCUT2D eigenvalue weighted by molar-refractivity contribution is -0.145. The van der Waals surface area contributed by atoms with E-state index in [9.17, 15) is 18.0 Å². The van der Waals surface area contributed by atoms with E-state index in [4.69, 9.17) is 4.74 Å². The van der Waals surface area contributed by atoms with Crippen LogP contribution in [-0.2, 0) is 30.8 Å². The predicted octanol–water partition coefficient (Wildman–Crippen LogP) is 1.75. The fraction of sp³-hybridized carbons (Fsp3) is 0.348. The van der Waals surface area contributed by atoms with E-state index in [2.05, 4.69) is 9.71 Å². The van der Waals surface area contributed by atoms with Crippen LogP contribution in [0.15, 0.2) is 63.9 Å². The number of amides is 1. The van der Waals surface area contributed by atoms with E-state index in [0.717, 1.165) is 5.56 Å². The molecule has 0 bridgehead atoms. The summed E-state index contributed by atoms with van der Waals surface area (Å²) in [6.45, 7) is 1.00. The number of ether oxygens (including phenoxy) is 1. The summed E-state index contributed by atoms with van der Waals surface area (Å²) in [6, 6.07) is 15.5. The van der Waals surface area contributed by atoms with Crippen LogP contribution in [0.4, 0.5) is 0 Å². The second-order valence-electron chi connectivity index (χ2n) is 7.92. The number of amidine groups is 1. The van der Waals surface area contributed by atoms with Gasteiger partial charge in [0.1, 0.15) is 10.9 Å². The molecule has 0 saturated carbocycles. The van der Waals surface area contributed by atoms with Gasteiger partial charge in [-0.25, -0.2) is 4.79 Å². The Bertz CT molecular complexity index is 1140. The Hall–Kier alpha value is -3.20. The molecule has 4 rings (SSSR count). The van der Waals surface area contributed by atoms with Crippen LogP contribution in [-0.4, -0.2) is 57.3 Å². The number of fused-ring (bicyclic) bond motifs is 1. The number of hydrogen-bond donors (Lipinski definition) is 1. The Balaban J connectivity index is 1.39. The summed E-state index contributed by atoms with van der Waals surface area (Å²) in [5.74, 6) is -0.516. The minimum absolute atomic E-state index is 0.197. The van der Waals surface area contributed by atoms with Gasteiger partial charge < -0.3 is 15.0 Å². The Kier molecular flexibility index (Phi) is 6.27. The molecule has 1 unspecified atom stereocenters. The fourth-order valence-corrected chi connectivity index (χ4v) is 5.37. The number of hydrogen-bond acceptors (Lipinski definition) is 6. The molecular formula is C23H25N3O5S. The molecule has 0 aromatic heterocycles. The number of nitrogens with zero attached hydrogens (tertiary/aromatic N) is 2. The SMILES string of the molecule is COC(=O)C(Cc1ccccc1)NC(=O)C1CCN(C2=NS(=O)(=O)c3ccccc32)CC1.